The fraction of sp³-hybridized carbons (Fsp3) is 0.300. The molecule has 0 bridgehead atoms. The zero-order valence-electron chi connectivity index (χ0n) is 15.0. The average Bonchev–Trinajstić information content (AvgIpc) is 3.05. The molecule has 1 aliphatic heterocycles. The summed E-state index contributed by atoms with van der Waals surface area (Å²) in [5, 5.41) is 2.38. The molecule has 0 radical (unpaired) electrons. The van der Waals surface area contributed by atoms with E-state index in [1.807, 2.05) is 0 Å². The molecule has 26 heavy (non-hydrogen) atoms. The molecule has 2 heterocycles. The van der Waals surface area contributed by atoms with E-state index in [9.17, 15) is 8.78 Å². The summed E-state index contributed by atoms with van der Waals surface area (Å²) in [5.74, 6) is 0.170. The fourth-order valence-corrected chi connectivity index (χ4v) is 3.67. The monoisotopic (exact) mass is 378 g/mol. The summed E-state index contributed by atoms with van der Waals surface area (Å²) in [7, 11) is 0. The van der Waals surface area contributed by atoms with Gasteiger partial charge in [0.1, 0.15) is 25.2 Å². The molecule has 1 saturated heterocycles. The molecular formula is C20H18ClF2NO2. The Morgan fingerprint density at radius 3 is 2.85 bits per heavy atom. The van der Waals surface area contributed by atoms with Crippen LogP contribution in [-0.4, -0.2) is 13.1 Å². The molecule has 1 aromatic heterocycles. The van der Waals surface area contributed by atoms with Crippen LogP contribution in [0.5, 0.6) is 5.75 Å². The lowest BCUT2D eigenvalue weighted by Gasteiger charge is -2.25. The van der Waals surface area contributed by atoms with Crippen molar-refractivity contribution in [3.8, 4) is 5.75 Å². The Bertz CT molecular complexity index is 970. The maximum absolute atomic E-state index is 14.5. The first-order valence-electron chi connectivity index (χ1n) is 8.99. The second-order valence-electron chi connectivity index (χ2n) is 6.39. The van der Waals surface area contributed by atoms with Crippen molar-refractivity contribution < 1.29 is 19.3 Å². The molecule has 1 aliphatic rings. The summed E-state index contributed by atoms with van der Waals surface area (Å²) >= 11 is 6.08. The SMILES string of the molecule is [2H]N1CCC(c2c(F)cccc2OCc2ccc(Cl)c3cc(F)oc23)CC1. The maximum Gasteiger partial charge on any atom is 0.278 e. The first-order chi connectivity index (χ1) is 13.0. The second kappa shape index (κ2) is 7.25. The quantitative estimate of drug-likeness (QED) is 0.659. The third-order valence-corrected chi connectivity index (χ3v) is 5.09. The lowest BCUT2D eigenvalue weighted by atomic mass is 9.89. The molecule has 0 unspecified atom stereocenters. The summed E-state index contributed by atoms with van der Waals surface area (Å²) in [4.78, 5) is 0. The highest BCUT2D eigenvalue weighted by Crippen LogP contribution is 2.36. The number of furan rings is 1. The Balaban J connectivity index is 1.61. The second-order valence-corrected chi connectivity index (χ2v) is 6.79. The van der Waals surface area contributed by atoms with E-state index in [-0.39, 0.29) is 18.3 Å². The van der Waals surface area contributed by atoms with Crippen molar-refractivity contribution in [2.75, 3.05) is 13.1 Å². The van der Waals surface area contributed by atoms with Gasteiger partial charge in [0.05, 0.1) is 5.02 Å². The van der Waals surface area contributed by atoms with E-state index in [4.69, 9.17) is 22.2 Å². The summed E-state index contributed by atoms with van der Waals surface area (Å²) in [6.45, 7) is 1.30. The van der Waals surface area contributed by atoms with Crippen LogP contribution in [-0.2, 0) is 6.61 Å². The van der Waals surface area contributed by atoms with Gasteiger partial charge in [-0.25, -0.2) is 4.39 Å². The highest BCUT2D eigenvalue weighted by Gasteiger charge is 2.23. The molecule has 3 nitrogen and oxygen atoms in total. The minimum absolute atomic E-state index is 0.00842. The lowest BCUT2D eigenvalue weighted by Crippen LogP contribution is -2.27. The fourth-order valence-electron chi connectivity index (χ4n) is 3.46. The highest BCUT2D eigenvalue weighted by molar-refractivity contribution is 6.35. The standard InChI is InChI=1S/C20H18ClF2NO2/c21-15-5-4-13(20-14(15)10-18(23)26-20)11-25-17-3-1-2-16(22)19(17)12-6-8-24-9-7-12/h1-5,10,12,24H,6-9,11H2/i/hD. The van der Waals surface area contributed by atoms with Gasteiger partial charge in [0, 0.05) is 22.6 Å². The van der Waals surface area contributed by atoms with Crippen LogP contribution >= 0.6 is 11.6 Å². The van der Waals surface area contributed by atoms with Crippen LogP contribution in [0.4, 0.5) is 8.78 Å². The predicted molar refractivity (Wildman–Crippen MR) is 96.8 cm³/mol. The molecule has 0 atom stereocenters. The van der Waals surface area contributed by atoms with E-state index in [1.54, 1.807) is 24.3 Å². The van der Waals surface area contributed by atoms with Crippen LogP contribution in [0.1, 0.15) is 29.9 Å². The van der Waals surface area contributed by atoms with Gasteiger partial charge in [0.2, 0.25) is 0 Å². The Kier molecular flexibility index (Phi) is 4.49. The third kappa shape index (κ3) is 3.29. The zero-order valence-corrected chi connectivity index (χ0v) is 14.7. The minimum Gasteiger partial charge on any atom is -0.488 e. The number of nitrogens with one attached hydrogen (secondary N) is 1. The van der Waals surface area contributed by atoms with Crippen molar-refractivity contribution in [1.82, 2.24) is 5.31 Å². The van der Waals surface area contributed by atoms with Crippen molar-refractivity contribution in [1.29, 1.82) is 0 Å². The molecule has 1 N–H and O–H groups in total. The van der Waals surface area contributed by atoms with E-state index >= 15 is 0 Å². The number of halogens is 3. The largest absolute Gasteiger partial charge is 0.488 e. The smallest absolute Gasteiger partial charge is 0.278 e. The number of piperidine rings is 1. The van der Waals surface area contributed by atoms with E-state index in [2.05, 4.69) is 0 Å². The van der Waals surface area contributed by atoms with Crippen LogP contribution in [0, 0.1) is 11.8 Å². The van der Waals surface area contributed by atoms with Gasteiger partial charge < -0.3 is 14.5 Å². The molecule has 3 aromatic rings. The molecular weight excluding hydrogens is 360 g/mol. The van der Waals surface area contributed by atoms with E-state index in [0.717, 1.165) is 0 Å². The number of benzene rings is 2. The van der Waals surface area contributed by atoms with Crippen molar-refractivity contribution >= 4 is 22.6 Å². The van der Waals surface area contributed by atoms with Gasteiger partial charge >= 0.3 is 0 Å². The highest BCUT2D eigenvalue weighted by atomic mass is 35.5. The number of rotatable bonds is 4. The first-order valence-corrected chi connectivity index (χ1v) is 8.92. The van der Waals surface area contributed by atoms with Crippen LogP contribution in [0.3, 0.4) is 0 Å². The molecule has 0 amide bonds. The van der Waals surface area contributed by atoms with Crippen molar-refractivity contribution in [2.24, 2.45) is 0 Å². The summed E-state index contributed by atoms with van der Waals surface area (Å²) in [5.41, 5.74) is 1.51. The molecule has 136 valence electrons. The maximum atomic E-state index is 14.5. The van der Waals surface area contributed by atoms with Gasteiger partial charge in [-0.15, -0.1) is 0 Å². The number of hydrogen-bond donors (Lipinski definition) is 1. The molecule has 0 saturated carbocycles. The Morgan fingerprint density at radius 2 is 2.04 bits per heavy atom. The summed E-state index contributed by atoms with van der Waals surface area (Å²) in [6, 6.07) is 8.67. The molecule has 2 aromatic carbocycles. The third-order valence-electron chi connectivity index (χ3n) is 4.76. The number of hydrogen-bond acceptors (Lipinski definition) is 3. The molecule has 6 heteroatoms. The molecule has 0 aliphatic carbocycles. The van der Waals surface area contributed by atoms with Gasteiger partial charge in [-0.1, -0.05) is 23.7 Å². The van der Waals surface area contributed by atoms with E-state index in [0.29, 0.717) is 58.8 Å². The van der Waals surface area contributed by atoms with Gasteiger partial charge in [-0.3, -0.25) is 0 Å². The van der Waals surface area contributed by atoms with Crippen LogP contribution in [0.2, 0.25) is 6.43 Å². The van der Waals surface area contributed by atoms with Gasteiger partial charge in [-0.2, -0.15) is 4.39 Å². The first kappa shape index (κ1) is 16.1. The van der Waals surface area contributed by atoms with Crippen LogP contribution < -0.4 is 10.0 Å². The molecule has 1 fully saturated rings. The predicted octanol–water partition coefficient (Wildman–Crippen LogP) is 5.41. The van der Waals surface area contributed by atoms with Crippen molar-refractivity contribution in [3.05, 3.63) is 64.4 Å². The Hall–Kier alpha value is -2.11. The van der Waals surface area contributed by atoms with Crippen LogP contribution in [0.15, 0.2) is 40.8 Å². The topological polar surface area (TPSA) is 34.4 Å². The summed E-state index contributed by atoms with van der Waals surface area (Å²) in [6.07, 6.45) is 1.41. The van der Waals surface area contributed by atoms with E-state index in [1.165, 1.54) is 17.4 Å². The Morgan fingerprint density at radius 1 is 1.23 bits per heavy atom. The lowest BCUT2D eigenvalue weighted by molar-refractivity contribution is 0.292. The number of ether oxygens (including phenoxy) is 1. The van der Waals surface area contributed by atoms with Crippen LogP contribution in [0.25, 0.3) is 11.0 Å². The normalized spacial score (nSPS) is 16.8. The summed E-state index contributed by atoms with van der Waals surface area (Å²) < 4.78 is 46.8. The van der Waals surface area contributed by atoms with Crippen molar-refractivity contribution in [2.45, 2.75) is 25.4 Å². The van der Waals surface area contributed by atoms with E-state index < -0.39 is 6.01 Å². The zero-order chi connectivity index (χ0) is 19.0. The van der Waals surface area contributed by atoms with Gasteiger partial charge in [0.15, 0.2) is 0 Å². The van der Waals surface area contributed by atoms with Gasteiger partial charge in [0.25, 0.3) is 6.01 Å². The van der Waals surface area contributed by atoms with Gasteiger partial charge in [-0.05, 0) is 50.0 Å². The number of fused-ring (bicyclic) bond motifs is 1. The Labute approximate surface area is 156 Å². The molecule has 4 rings (SSSR count). The minimum atomic E-state index is -0.715. The average molecular weight is 379 g/mol. The van der Waals surface area contributed by atoms with Crippen molar-refractivity contribution in [3.63, 3.8) is 0 Å². The molecule has 0 spiro atoms.